The topological polar surface area (TPSA) is 12.0 Å². The molecule has 0 aliphatic heterocycles. The highest BCUT2D eigenvalue weighted by atomic mass is 19.1. The molecule has 1 aromatic rings. The quantitative estimate of drug-likeness (QED) is 0.732. The van der Waals surface area contributed by atoms with Gasteiger partial charge in [0.05, 0.1) is 6.04 Å². The fraction of sp³-hybridized carbons (Fsp3) is 0.273. The number of hydrogen-bond acceptors (Lipinski definition) is 1. The van der Waals surface area contributed by atoms with E-state index in [0.717, 1.165) is 6.07 Å². The van der Waals surface area contributed by atoms with Gasteiger partial charge >= 0.3 is 0 Å². The van der Waals surface area contributed by atoms with Crippen molar-refractivity contribution >= 4 is 0 Å². The van der Waals surface area contributed by atoms with Gasteiger partial charge in [0.25, 0.3) is 0 Å². The van der Waals surface area contributed by atoms with Gasteiger partial charge in [0, 0.05) is 11.6 Å². The monoisotopic (exact) mass is 197 g/mol. The second-order valence-electron chi connectivity index (χ2n) is 2.94. The van der Waals surface area contributed by atoms with E-state index >= 15 is 0 Å². The summed E-state index contributed by atoms with van der Waals surface area (Å²) in [6, 6.07) is 3.29. The first-order chi connectivity index (χ1) is 6.69. The Bertz CT molecular complexity index is 323. The summed E-state index contributed by atoms with van der Waals surface area (Å²) in [5.41, 5.74) is 0.420. The first-order valence-electron chi connectivity index (χ1n) is 4.50. The van der Waals surface area contributed by atoms with Crippen molar-refractivity contribution in [2.75, 3.05) is 6.54 Å². The van der Waals surface area contributed by atoms with Crippen LogP contribution in [0, 0.1) is 11.6 Å². The molecule has 1 rings (SSSR count). The lowest BCUT2D eigenvalue weighted by atomic mass is 10.1. The lowest BCUT2D eigenvalue weighted by Gasteiger charge is -2.14. The third kappa shape index (κ3) is 2.39. The van der Waals surface area contributed by atoms with Gasteiger partial charge in [-0.1, -0.05) is 19.1 Å². The lowest BCUT2D eigenvalue weighted by Crippen LogP contribution is -2.19. The molecule has 0 spiro atoms. The normalized spacial score (nSPS) is 12.5. The Morgan fingerprint density at radius 3 is 2.71 bits per heavy atom. The van der Waals surface area contributed by atoms with Crippen molar-refractivity contribution in [2.45, 2.75) is 13.0 Å². The van der Waals surface area contributed by atoms with Crippen molar-refractivity contribution in [2.24, 2.45) is 0 Å². The van der Waals surface area contributed by atoms with Gasteiger partial charge in [-0.2, -0.15) is 0 Å². The SMILES string of the molecule is C=CC(NCC)c1ccc(F)cc1F. The van der Waals surface area contributed by atoms with Crippen LogP contribution in [0.15, 0.2) is 30.9 Å². The van der Waals surface area contributed by atoms with Crippen molar-refractivity contribution in [3.8, 4) is 0 Å². The van der Waals surface area contributed by atoms with E-state index in [1.54, 1.807) is 6.08 Å². The Hall–Kier alpha value is -1.22. The van der Waals surface area contributed by atoms with E-state index in [4.69, 9.17) is 0 Å². The minimum Gasteiger partial charge on any atom is -0.307 e. The van der Waals surface area contributed by atoms with Crippen LogP contribution in [0.3, 0.4) is 0 Å². The Labute approximate surface area is 82.4 Å². The molecule has 0 bridgehead atoms. The van der Waals surface area contributed by atoms with E-state index in [1.165, 1.54) is 12.1 Å². The molecule has 0 aliphatic rings. The number of likely N-dealkylation sites (N-methyl/N-ethyl adjacent to an activating group) is 1. The molecule has 1 unspecified atom stereocenters. The second-order valence-corrected chi connectivity index (χ2v) is 2.94. The Kier molecular flexibility index (Phi) is 3.77. The maximum Gasteiger partial charge on any atom is 0.131 e. The summed E-state index contributed by atoms with van der Waals surface area (Å²) in [4.78, 5) is 0. The highest BCUT2D eigenvalue weighted by Crippen LogP contribution is 2.18. The summed E-state index contributed by atoms with van der Waals surface area (Å²) in [6.45, 7) is 6.21. The molecule has 0 radical (unpaired) electrons. The molecule has 1 aromatic carbocycles. The van der Waals surface area contributed by atoms with Gasteiger partial charge in [-0.15, -0.1) is 6.58 Å². The van der Waals surface area contributed by atoms with E-state index in [1.807, 2.05) is 6.92 Å². The fourth-order valence-electron chi connectivity index (χ4n) is 1.29. The molecule has 14 heavy (non-hydrogen) atoms. The molecule has 0 saturated carbocycles. The predicted octanol–water partition coefficient (Wildman–Crippen LogP) is 2.80. The van der Waals surface area contributed by atoms with Crippen molar-refractivity contribution in [3.63, 3.8) is 0 Å². The van der Waals surface area contributed by atoms with Crippen LogP contribution in [0.4, 0.5) is 8.78 Å². The molecule has 0 aliphatic carbocycles. The van der Waals surface area contributed by atoms with Crippen LogP contribution >= 0.6 is 0 Å². The zero-order valence-electron chi connectivity index (χ0n) is 8.06. The van der Waals surface area contributed by atoms with Gasteiger partial charge in [0.2, 0.25) is 0 Å². The van der Waals surface area contributed by atoms with Gasteiger partial charge in [0.15, 0.2) is 0 Å². The third-order valence-corrected chi connectivity index (χ3v) is 1.96. The van der Waals surface area contributed by atoms with E-state index in [-0.39, 0.29) is 6.04 Å². The van der Waals surface area contributed by atoms with Crippen LogP contribution in [0.1, 0.15) is 18.5 Å². The first-order valence-corrected chi connectivity index (χ1v) is 4.50. The number of nitrogens with one attached hydrogen (secondary N) is 1. The van der Waals surface area contributed by atoms with Crippen LogP contribution in [-0.2, 0) is 0 Å². The molecule has 76 valence electrons. The van der Waals surface area contributed by atoms with Gasteiger partial charge in [-0.3, -0.25) is 0 Å². The average Bonchev–Trinajstić information content (AvgIpc) is 2.15. The highest BCUT2D eigenvalue weighted by molar-refractivity contribution is 5.25. The highest BCUT2D eigenvalue weighted by Gasteiger charge is 2.11. The molecular formula is C11H13F2N. The van der Waals surface area contributed by atoms with Gasteiger partial charge in [-0.25, -0.2) is 8.78 Å². The molecule has 0 saturated heterocycles. The van der Waals surface area contributed by atoms with E-state index in [2.05, 4.69) is 11.9 Å². The van der Waals surface area contributed by atoms with Crippen LogP contribution < -0.4 is 5.32 Å². The number of rotatable bonds is 4. The average molecular weight is 197 g/mol. The van der Waals surface area contributed by atoms with E-state index < -0.39 is 11.6 Å². The van der Waals surface area contributed by atoms with Crippen LogP contribution in [-0.4, -0.2) is 6.54 Å². The van der Waals surface area contributed by atoms with Crippen molar-refractivity contribution < 1.29 is 8.78 Å². The molecule has 0 heterocycles. The number of hydrogen-bond donors (Lipinski definition) is 1. The standard InChI is InChI=1S/C11H13F2N/c1-3-11(14-4-2)9-6-5-8(12)7-10(9)13/h3,5-7,11,14H,1,4H2,2H3. The maximum absolute atomic E-state index is 13.3. The molecule has 0 amide bonds. The summed E-state index contributed by atoms with van der Waals surface area (Å²) >= 11 is 0. The number of benzene rings is 1. The van der Waals surface area contributed by atoms with Crippen LogP contribution in [0.25, 0.3) is 0 Å². The van der Waals surface area contributed by atoms with Gasteiger partial charge in [-0.05, 0) is 12.6 Å². The lowest BCUT2D eigenvalue weighted by molar-refractivity contribution is 0.546. The molecule has 1 nitrogen and oxygen atoms in total. The molecule has 1 N–H and O–H groups in total. The summed E-state index contributed by atoms with van der Waals surface area (Å²) in [5, 5.41) is 3.03. The minimum absolute atomic E-state index is 0.263. The summed E-state index contributed by atoms with van der Waals surface area (Å²) in [5.74, 6) is -1.11. The van der Waals surface area contributed by atoms with Crippen LogP contribution in [0.5, 0.6) is 0 Å². The Morgan fingerprint density at radius 2 is 2.21 bits per heavy atom. The first kappa shape index (κ1) is 10.9. The Balaban J connectivity index is 2.98. The van der Waals surface area contributed by atoms with Crippen molar-refractivity contribution in [1.82, 2.24) is 5.32 Å². The predicted molar refractivity (Wildman–Crippen MR) is 53.0 cm³/mol. The van der Waals surface area contributed by atoms with Crippen molar-refractivity contribution in [3.05, 3.63) is 48.1 Å². The van der Waals surface area contributed by atoms with Crippen molar-refractivity contribution in [1.29, 1.82) is 0 Å². The largest absolute Gasteiger partial charge is 0.307 e. The Morgan fingerprint density at radius 1 is 1.50 bits per heavy atom. The zero-order chi connectivity index (χ0) is 10.6. The van der Waals surface area contributed by atoms with E-state index in [0.29, 0.717) is 12.1 Å². The number of halogens is 2. The summed E-state index contributed by atoms with van der Waals surface area (Å²) in [6.07, 6.45) is 1.60. The molecule has 3 heteroatoms. The smallest absolute Gasteiger partial charge is 0.131 e. The van der Waals surface area contributed by atoms with Gasteiger partial charge < -0.3 is 5.32 Å². The third-order valence-electron chi connectivity index (χ3n) is 1.96. The fourth-order valence-corrected chi connectivity index (χ4v) is 1.29. The molecule has 0 aromatic heterocycles. The zero-order valence-corrected chi connectivity index (χ0v) is 8.06. The second kappa shape index (κ2) is 4.86. The summed E-state index contributed by atoms with van der Waals surface area (Å²) in [7, 11) is 0. The summed E-state index contributed by atoms with van der Waals surface area (Å²) < 4.78 is 25.9. The van der Waals surface area contributed by atoms with Crippen LogP contribution in [0.2, 0.25) is 0 Å². The minimum atomic E-state index is -0.564. The maximum atomic E-state index is 13.3. The van der Waals surface area contributed by atoms with E-state index in [9.17, 15) is 8.78 Å². The molecule has 1 atom stereocenters. The molecule has 0 fully saturated rings. The molecular weight excluding hydrogens is 184 g/mol. The van der Waals surface area contributed by atoms with Gasteiger partial charge in [0.1, 0.15) is 11.6 Å².